The molecule has 1 aromatic carbocycles. The second-order valence-corrected chi connectivity index (χ2v) is 6.38. The molecule has 0 spiro atoms. The Morgan fingerprint density at radius 2 is 2.00 bits per heavy atom. The predicted octanol–water partition coefficient (Wildman–Crippen LogP) is 2.23. The normalized spacial score (nSPS) is 25.4. The number of anilines is 1. The molecule has 22 heavy (non-hydrogen) atoms. The van der Waals surface area contributed by atoms with Gasteiger partial charge in [-0.1, -0.05) is 25.1 Å². The second kappa shape index (κ2) is 6.38. The summed E-state index contributed by atoms with van der Waals surface area (Å²) in [6.45, 7) is 4.36. The molecule has 5 heteroatoms. The zero-order chi connectivity index (χ0) is 15.5. The molecule has 2 fully saturated rings. The highest BCUT2D eigenvalue weighted by molar-refractivity contribution is 5.96. The van der Waals surface area contributed by atoms with Gasteiger partial charge in [0.1, 0.15) is 0 Å². The van der Waals surface area contributed by atoms with Crippen LogP contribution >= 0.6 is 0 Å². The summed E-state index contributed by atoms with van der Waals surface area (Å²) in [5.41, 5.74) is 0.899. The van der Waals surface area contributed by atoms with Crippen LogP contribution in [0.25, 0.3) is 0 Å². The topological polar surface area (TPSA) is 52.7 Å². The minimum absolute atomic E-state index is 0.0285. The first-order valence-corrected chi connectivity index (χ1v) is 8.04. The van der Waals surface area contributed by atoms with Crippen molar-refractivity contribution in [1.29, 1.82) is 0 Å². The van der Waals surface area contributed by atoms with Gasteiger partial charge in [0.25, 0.3) is 0 Å². The average Bonchev–Trinajstić information content (AvgIpc) is 2.88. The number of likely N-dealkylation sites (tertiary alicyclic amines) is 1. The molecule has 2 saturated heterocycles. The fraction of sp³-hybridized carbons (Fsp3) is 0.529. The maximum absolute atomic E-state index is 12.3. The van der Waals surface area contributed by atoms with Crippen molar-refractivity contribution < 1.29 is 9.59 Å². The van der Waals surface area contributed by atoms with Crippen LogP contribution in [-0.4, -0.2) is 42.5 Å². The lowest BCUT2D eigenvalue weighted by atomic mass is 10.0. The Hall–Kier alpha value is -2.04. The summed E-state index contributed by atoms with van der Waals surface area (Å²) in [5, 5.41) is 3.02. The Morgan fingerprint density at radius 3 is 2.73 bits per heavy atom. The second-order valence-electron chi connectivity index (χ2n) is 6.38. The van der Waals surface area contributed by atoms with Gasteiger partial charge in [-0.15, -0.1) is 0 Å². The van der Waals surface area contributed by atoms with Crippen molar-refractivity contribution >= 4 is 17.6 Å². The molecule has 1 N–H and O–H groups in total. The number of benzene rings is 1. The zero-order valence-corrected chi connectivity index (χ0v) is 13.0. The van der Waals surface area contributed by atoms with E-state index in [-0.39, 0.29) is 18.0 Å². The number of amides is 3. The molecule has 3 rings (SSSR count). The summed E-state index contributed by atoms with van der Waals surface area (Å²) < 4.78 is 0. The Morgan fingerprint density at radius 1 is 1.23 bits per heavy atom. The molecular formula is C17H23N3O2. The van der Waals surface area contributed by atoms with Gasteiger partial charge >= 0.3 is 6.03 Å². The first kappa shape index (κ1) is 14.9. The van der Waals surface area contributed by atoms with Crippen LogP contribution < -0.4 is 10.2 Å². The van der Waals surface area contributed by atoms with E-state index in [1.54, 1.807) is 4.90 Å². The number of rotatable bonds is 2. The summed E-state index contributed by atoms with van der Waals surface area (Å²) in [5.74, 6) is 0.633. The lowest BCUT2D eigenvalue weighted by Gasteiger charge is -2.31. The Kier molecular flexibility index (Phi) is 4.32. The Bertz CT molecular complexity index is 546. The van der Waals surface area contributed by atoms with Gasteiger partial charge in [-0.3, -0.25) is 4.79 Å². The maximum atomic E-state index is 12.3. The smallest absolute Gasteiger partial charge is 0.317 e. The van der Waals surface area contributed by atoms with Crippen molar-refractivity contribution in [2.75, 3.05) is 24.5 Å². The number of urea groups is 1. The average molecular weight is 301 g/mol. The molecule has 2 unspecified atom stereocenters. The summed E-state index contributed by atoms with van der Waals surface area (Å²) in [7, 11) is 0. The first-order valence-electron chi connectivity index (χ1n) is 8.04. The van der Waals surface area contributed by atoms with Crippen LogP contribution in [0.1, 0.15) is 26.2 Å². The van der Waals surface area contributed by atoms with Crippen LogP contribution in [0, 0.1) is 5.92 Å². The summed E-state index contributed by atoms with van der Waals surface area (Å²) in [4.78, 5) is 28.1. The van der Waals surface area contributed by atoms with Gasteiger partial charge in [0.15, 0.2) is 0 Å². The van der Waals surface area contributed by atoms with Crippen LogP contribution in [0.15, 0.2) is 30.3 Å². The van der Waals surface area contributed by atoms with E-state index >= 15 is 0 Å². The molecule has 0 aromatic heterocycles. The molecule has 0 aliphatic carbocycles. The minimum atomic E-state index is -0.0996. The van der Waals surface area contributed by atoms with E-state index < -0.39 is 0 Å². The van der Waals surface area contributed by atoms with Crippen molar-refractivity contribution in [3.8, 4) is 0 Å². The molecule has 0 bridgehead atoms. The van der Waals surface area contributed by atoms with E-state index in [1.165, 1.54) is 6.42 Å². The molecule has 2 atom stereocenters. The van der Waals surface area contributed by atoms with E-state index in [9.17, 15) is 9.59 Å². The number of para-hydroxylation sites is 1. The fourth-order valence-corrected chi connectivity index (χ4v) is 3.30. The van der Waals surface area contributed by atoms with Gasteiger partial charge < -0.3 is 15.1 Å². The van der Waals surface area contributed by atoms with Crippen LogP contribution in [0.3, 0.4) is 0 Å². The Balaban J connectivity index is 1.58. The molecular weight excluding hydrogens is 278 g/mol. The third kappa shape index (κ3) is 3.24. The highest BCUT2D eigenvalue weighted by atomic mass is 16.2. The number of nitrogens with one attached hydrogen (secondary N) is 1. The molecule has 2 aliphatic rings. The molecule has 2 aliphatic heterocycles. The van der Waals surface area contributed by atoms with E-state index in [4.69, 9.17) is 0 Å². The number of piperidine rings is 1. The van der Waals surface area contributed by atoms with Gasteiger partial charge in [-0.2, -0.15) is 0 Å². The predicted molar refractivity (Wildman–Crippen MR) is 85.7 cm³/mol. The number of nitrogens with zero attached hydrogens (tertiary/aromatic N) is 2. The number of carbonyl (C=O) groups excluding carboxylic acids is 2. The van der Waals surface area contributed by atoms with Gasteiger partial charge in [-0.25, -0.2) is 4.79 Å². The third-order valence-corrected chi connectivity index (χ3v) is 4.46. The third-order valence-electron chi connectivity index (χ3n) is 4.46. The Labute approximate surface area is 131 Å². The highest BCUT2D eigenvalue weighted by Crippen LogP contribution is 2.21. The number of hydrogen-bond acceptors (Lipinski definition) is 2. The van der Waals surface area contributed by atoms with Gasteiger partial charge in [-0.05, 0) is 30.9 Å². The van der Waals surface area contributed by atoms with Crippen molar-refractivity contribution in [1.82, 2.24) is 10.2 Å². The van der Waals surface area contributed by atoms with Crippen LogP contribution in [0.2, 0.25) is 0 Å². The number of carbonyl (C=O) groups is 2. The lowest BCUT2D eigenvalue weighted by molar-refractivity contribution is -0.117. The van der Waals surface area contributed by atoms with Crippen LogP contribution in [0.5, 0.6) is 0 Å². The highest BCUT2D eigenvalue weighted by Gasteiger charge is 2.32. The van der Waals surface area contributed by atoms with E-state index in [0.717, 1.165) is 25.2 Å². The van der Waals surface area contributed by atoms with Crippen LogP contribution in [-0.2, 0) is 4.79 Å². The van der Waals surface area contributed by atoms with Crippen molar-refractivity contribution in [3.63, 3.8) is 0 Å². The molecule has 118 valence electrons. The molecule has 2 heterocycles. The van der Waals surface area contributed by atoms with Crippen molar-refractivity contribution in [2.24, 2.45) is 5.92 Å². The van der Waals surface area contributed by atoms with E-state index in [1.807, 2.05) is 35.2 Å². The molecule has 0 saturated carbocycles. The largest absolute Gasteiger partial charge is 0.333 e. The fourth-order valence-electron chi connectivity index (χ4n) is 3.30. The number of hydrogen-bond donors (Lipinski definition) is 1. The lowest BCUT2D eigenvalue weighted by Crippen LogP contribution is -2.49. The van der Waals surface area contributed by atoms with Crippen molar-refractivity contribution in [3.05, 3.63) is 30.3 Å². The monoisotopic (exact) mass is 301 g/mol. The van der Waals surface area contributed by atoms with E-state index in [0.29, 0.717) is 18.9 Å². The minimum Gasteiger partial charge on any atom is -0.333 e. The summed E-state index contributed by atoms with van der Waals surface area (Å²) >= 11 is 0. The molecule has 0 radical (unpaired) electrons. The standard InChI is InChI=1S/C17H23N3O2/c1-13-6-5-9-19(11-13)17(22)18-14-10-16(21)20(12-14)15-7-3-2-4-8-15/h2-4,7-8,13-14H,5-6,9-12H2,1H3,(H,18,22). The van der Waals surface area contributed by atoms with Crippen LogP contribution in [0.4, 0.5) is 10.5 Å². The molecule has 3 amide bonds. The summed E-state index contributed by atoms with van der Waals surface area (Å²) in [6.07, 6.45) is 2.63. The quantitative estimate of drug-likeness (QED) is 0.911. The van der Waals surface area contributed by atoms with Gasteiger partial charge in [0.05, 0.1) is 6.04 Å². The SMILES string of the molecule is CC1CCCN(C(=O)NC2CC(=O)N(c3ccccc3)C2)C1. The molecule has 5 nitrogen and oxygen atoms in total. The molecule has 1 aromatic rings. The first-order chi connectivity index (χ1) is 10.6. The summed E-state index contributed by atoms with van der Waals surface area (Å²) in [6, 6.07) is 9.49. The van der Waals surface area contributed by atoms with Crippen molar-refractivity contribution in [2.45, 2.75) is 32.2 Å². The van der Waals surface area contributed by atoms with Gasteiger partial charge in [0, 0.05) is 31.7 Å². The van der Waals surface area contributed by atoms with Gasteiger partial charge in [0.2, 0.25) is 5.91 Å². The van der Waals surface area contributed by atoms with E-state index in [2.05, 4.69) is 12.2 Å². The maximum Gasteiger partial charge on any atom is 0.317 e. The zero-order valence-electron chi connectivity index (χ0n) is 13.0.